The molecular weight excluding hydrogens is 224 g/mol. The minimum absolute atomic E-state index is 0.0728. The van der Waals surface area contributed by atoms with Gasteiger partial charge in [-0.05, 0) is 20.4 Å². The van der Waals surface area contributed by atoms with Gasteiger partial charge in [0, 0.05) is 24.5 Å². The van der Waals surface area contributed by atoms with Gasteiger partial charge >= 0.3 is 0 Å². The molecule has 0 saturated carbocycles. The minimum atomic E-state index is -0.0728. The van der Waals surface area contributed by atoms with E-state index in [2.05, 4.69) is 10.6 Å². The number of thioether (sulfide) groups is 1. The van der Waals surface area contributed by atoms with E-state index in [0.717, 1.165) is 17.9 Å². The summed E-state index contributed by atoms with van der Waals surface area (Å²) < 4.78 is 0. The van der Waals surface area contributed by atoms with Crippen LogP contribution in [0.4, 0.5) is 0 Å². The third-order valence-electron chi connectivity index (χ3n) is 2.17. The molecular formula is C11H22N2O2S. The molecule has 1 unspecified atom stereocenters. The van der Waals surface area contributed by atoms with Crippen molar-refractivity contribution in [1.29, 1.82) is 0 Å². The van der Waals surface area contributed by atoms with Crippen LogP contribution in [0.1, 0.15) is 26.7 Å². The Bertz CT molecular complexity index is 222. The lowest BCUT2D eigenvalue weighted by molar-refractivity contribution is -0.121. The molecule has 0 heterocycles. The molecule has 0 saturated heterocycles. The van der Waals surface area contributed by atoms with Crippen LogP contribution in [0.5, 0.6) is 0 Å². The van der Waals surface area contributed by atoms with Gasteiger partial charge in [0.05, 0.1) is 6.04 Å². The van der Waals surface area contributed by atoms with E-state index < -0.39 is 0 Å². The van der Waals surface area contributed by atoms with Crippen LogP contribution in [-0.4, -0.2) is 42.8 Å². The maximum absolute atomic E-state index is 11.1. The van der Waals surface area contributed by atoms with Crippen molar-refractivity contribution in [2.75, 3.05) is 25.1 Å². The van der Waals surface area contributed by atoms with Gasteiger partial charge in [-0.2, -0.15) is 11.8 Å². The topological polar surface area (TPSA) is 58.2 Å². The average molecular weight is 246 g/mol. The van der Waals surface area contributed by atoms with E-state index in [4.69, 9.17) is 0 Å². The number of amides is 1. The van der Waals surface area contributed by atoms with E-state index >= 15 is 0 Å². The Balaban J connectivity index is 3.45. The molecule has 0 fully saturated rings. The van der Waals surface area contributed by atoms with Gasteiger partial charge in [-0.25, -0.2) is 0 Å². The first-order chi connectivity index (χ1) is 7.61. The quantitative estimate of drug-likeness (QED) is 0.591. The number of nitrogens with one attached hydrogen (secondary N) is 2. The van der Waals surface area contributed by atoms with E-state index in [9.17, 15) is 9.59 Å². The molecule has 0 aliphatic carbocycles. The summed E-state index contributed by atoms with van der Waals surface area (Å²) in [7, 11) is 1.79. The summed E-state index contributed by atoms with van der Waals surface area (Å²) in [6.45, 7) is 4.25. The maximum Gasteiger partial charge on any atom is 0.220 e. The fourth-order valence-electron chi connectivity index (χ4n) is 1.18. The van der Waals surface area contributed by atoms with E-state index in [0.29, 0.717) is 13.0 Å². The summed E-state index contributed by atoms with van der Waals surface area (Å²) in [5.74, 6) is 1.88. The van der Waals surface area contributed by atoms with Gasteiger partial charge in [-0.15, -0.1) is 0 Å². The molecule has 1 amide bonds. The molecule has 4 nitrogen and oxygen atoms in total. The molecule has 0 radical (unpaired) electrons. The average Bonchev–Trinajstić information content (AvgIpc) is 2.23. The summed E-state index contributed by atoms with van der Waals surface area (Å²) in [6, 6.07) is -0.0728. The molecule has 5 heteroatoms. The van der Waals surface area contributed by atoms with Gasteiger partial charge < -0.3 is 10.6 Å². The monoisotopic (exact) mass is 246 g/mol. The van der Waals surface area contributed by atoms with Gasteiger partial charge in [-0.3, -0.25) is 9.59 Å². The highest BCUT2D eigenvalue weighted by atomic mass is 32.2. The van der Waals surface area contributed by atoms with Crippen molar-refractivity contribution in [3.05, 3.63) is 0 Å². The Kier molecular flexibility index (Phi) is 9.33. The number of carbonyl (C=O) groups is 2. The first-order valence-electron chi connectivity index (χ1n) is 5.64. The second kappa shape index (κ2) is 9.66. The zero-order valence-corrected chi connectivity index (χ0v) is 11.2. The Labute approximate surface area is 102 Å². The molecule has 0 aliphatic heterocycles. The van der Waals surface area contributed by atoms with Crippen molar-refractivity contribution < 1.29 is 9.59 Å². The summed E-state index contributed by atoms with van der Waals surface area (Å²) in [5, 5.41) is 5.80. The zero-order chi connectivity index (χ0) is 12.4. The van der Waals surface area contributed by atoms with Crippen molar-refractivity contribution in [2.24, 2.45) is 0 Å². The van der Waals surface area contributed by atoms with Gasteiger partial charge in [0.1, 0.15) is 5.78 Å². The first kappa shape index (κ1) is 15.4. The van der Waals surface area contributed by atoms with Gasteiger partial charge in [0.25, 0.3) is 0 Å². The number of hydrogen-bond acceptors (Lipinski definition) is 4. The van der Waals surface area contributed by atoms with E-state index in [1.165, 1.54) is 0 Å². The number of ketones is 1. The van der Waals surface area contributed by atoms with Crippen LogP contribution < -0.4 is 10.6 Å². The smallest absolute Gasteiger partial charge is 0.220 e. The molecule has 16 heavy (non-hydrogen) atoms. The Morgan fingerprint density at radius 3 is 2.56 bits per heavy atom. The lowest BCUT2D eigenvalue weighted by atomic mass is 10.2. The summed E-state index contributed by atoms with van der Waals surface area (Å²) in [5.41, 5.74) is 0. The highest BCUT2D eigenvalue weighted by Gasteiger charge is 2.10. The number of carbonyl (C=O) groups excluding carboxylic acids is 2. The summed E-state index contributed by atoms with van der Waals surface area (Å²) in [4.78, 5) is 22.2. The van der Waals surface area contributed by atoms with E-state index in [1.807, 2.05) is 6.92 Å². The Hall–Kier alpha value is -0.550. The molecule has 94 valence electrons. The normalized spacial score (nSPS) is 12.2. The first-order valence-corrected chi connectivity index (χ1v) is 6.79. The highest BCUT2D eigenvalue weighted by molar-refractivity contribution is 7.99. The standard InChI is InChI=1S/C11H22N2O2S/c1-4-5-11(15)13-6-7-16-8-10(12-3)9(2)14/h10,12H,4-8H2,1-3H3,(H,13,15). The molecule has 0 bridgehead atoms. The van der Waals surface area contributed by atoms with Gasteiger partial charge in [0.15, 0.2) is 0 Å². The number of rotatable bonds is 9. The van der Waals surface area contributed by atoms with Crippen molar-refractivity contribution in [3.8, 4) is 0 Å². The van der Waals surface area contributed by atoms with Crippen LogP contribution in [0.2, 0.25) is 0 Å². The largest absolute Gasteiger partial charge is 0.355 e. The maximum atomic E-state index is 11.1. The Morgan fingerprint density at radius 2 is 2.06 bits per heavy atom. The van der Waals surface area contributed by atoms with Crippen molar-refractivity contribution >= 4 is 23.5 Å². The lowest BCUT2D eigenvalue weighted by Gasteiger charge is -2.11. The van der Waals surface area contributed by atoms with Crippen LogP contribution in [0.25, 0.3) is 0 Å². The molecule has 1 atom stereocenters. The highest BCUT2D eigenvalue weighted by Crippen LogP contribution is 2.02. The molecule has 0 rings (SSSR count). The molecule has 0 aromatic rings. The SMILES string of the molecule is CCCC(=O)NCCSCC(NC)C(C)=O. The summed E-state index contributed by atoms with van der Waals surface area (Å²) in [6.07, 6.45) is 1.47. The fourth-order valence-corrected chi connectivity index (χ4v) is 2.23. The molecule has 0 spiro atoms. The third kappa shape index (κ3) is 7.70. The summed E-state index contributed by atoms with van der Waals surface area (Å²) >= 11 is 1.68. The van der Waals surface area contributed by atoms with Crippen LogP contribution >= 0.6 is 11.8 Å². The van der Waals surface area contributed by atoms with Crippen molar-refractivity contribution in [2.45, 2.75) is 32.7 Å². The fraction of sp³-hybridized carbons (Fsp3) is 0.818. The predicted octanol–water partition coefficient (Wildman–Crippen LogP) is 0.813. The third-order valence-corrected chi connectivity index (χ3v) is 3.23. The van der Waals surface area contributed by atoms with Crippen LogP contribution in [0.3, 0.4) is 0 Å². The molecule has 0 aromatic carbocycles. The van der Waals surface area contributed by atoms with Crippen LogP contribution in [-0.2, 0) is 9.59 Å². The zero-order valence-electron chi connectivity index (χ0n) is 10.3. The van der Waals surface area contributed by atoms with E-state index in [-0.39, 0.29) is 17.7 Å². The molecule has 2 N–H and O–H groups in total. The van der Waals surface area contributed by atoms with Crippen LogP contribution in [0.15, 0.2) is 0 Å². The molecule has 0 aromatic heterocycles. The van der Waals surface area contributed by atoms with Crippen molar-refractivity contribution in [3.63, 3.8) is 0 Å². The van der Waals surface area contributed by atoms with Gasteiger partial charge in [0.2, 0.25) is 5.91 Å². The Morgan fingerprint density at radius 1 is 1.38 bits per heavy atom. The van der Waals surface area contributed by atoms with Crippen LogP contribution in [0, 0.1) is 0 Å². The van der Waals surface area contributed by atoms with Crippen molar-refractivity contribution in [1.82, 2.24) is 10.6 Å². The predicted molar refractivity (Wildman–Crippen MR) is 68.8 cm³/mol. The minimum Gasteiger partial charge on any atom is -0.355 e. The van der Waals surface area contributed by atoms with E-state index in [1.54, 1.807) is 25.7 Å². The number of hydrogen-bond donors (Lipinski definition) is 2. The second-order valence-corrected chi connectivity index (χ2v) is 4.78. The number of likely N-dealkylation sites (N-methyl/N-ethyl adjacent to an activating group) is 1. The lowest BCUT2D eigenvalue weighted by Crippen LogP contribution is -2.35. The molecule has 0 aliphatic rings. The van der Waals surface area contributed by atoms with Gasteiger partial charge in [-0.1, -0.05) is 6.92 Å². The second-order valence-electron chi connectivity index (χ2n) is 3.63. The number of Topliss-reactive ketones (excluding diaryl/α,β-unsaturated/α-hetero) is 1.